The summed E-state index contributed by atoms with van der Waals surface area (Å²) < 4.78 is 27.6. The highest BCUT2D eigenvalue weighted by molar-refractivity contribution is 7.92. The Hall–Kier alpha value is -1.63. The third kappa shape index (κ3) is 2.94. The zero-order valence-electron chi connectivity index (χ0n) is 9.50. The first-order chi connectivity index (χ1) is 8.11. The lowest BCUT2D eigenvalue weighted by Crippen LogP contribution is -2.16. The van der Waals surface area contributed by atoms with Gasteiger partial charge in [-0.15, -0.1) is 10.2 Å². The second-order valence-electron chi connectivity index (χ2n) is 3.79. The molecule has 17 heavy (non-hydrogen) atoms. The Morgan fingerprint density at radius 1 is 1.41 bits per heavy atom. The Bertz CT molecular complexity index is 606. The summed E-state index contributed by atoms with van der Waals surface area (Å²) in [7, 11) is -3.25. The molecule has 0 aromatic carbocycles. The van der Waals surface area contributed by atoms with Gasteiger partial charge in [-0.1, -0.05) is 13.3 Å². The largest absolute Gasteiger partial charge is 0.287 e. The standard InChI is InChI=1S/C10H14N4O2S/c1-2-3-6-17(15,16)13-9-4-5-10-12-11-8-14(10)7-9/h4-5,7-8,13H,2-3,6H2,1H3. The minimum Gasteiger partial charge on any atom is -0.287 e. The van der Waals surface area contributed by atoms with Crippen LogP contribution in [0.1, 0.15) is 19.8 Å². The third-order valence-electron chi connectivity index (χ3n) is 2.33. The van der Waals surface area contributed by atoms with E-state index in [2.05, 4.69) is 14.9 Å². The van der Waals surface area contributed by atoms with Crippen molar-refractivity contribution < 1.29 is 8.42 Å². The summed E-state index contributed by atoms with van der Waals surface area (Å²) in [4.78, 5) is 0. The van der Waals surface area contributed by atoms with Crippen molar-refractivity contribution in [3.05, 3.63) is 24.7 Å². The Morgan fingerprint density at radius 2 is 2.24 bits per heavy atom. The molecule has 0 saturated heterocycles. The lowest BCUT2D eigenvalue weighted by molar-refractivity contribution is 0.598. The monoisotopic (exact) mass is 254 g/mol. The van der Waals surface area contributed by atoms with E-state index in [0.29, 0.717) is 17.8 Å². The van der Waals surface area contributed by atoms with Crippen molar-refractivity contribution in [2.75, 3.05) is 10.5 Å². The van der Waals surface area contributed by atoms with Crippen LogP contribution >= 0.6 is 0 Å². The molecule has 0 unspecified atom stereocenters. The van der Waals surface area contributed by atoms with E-state index in [4.69, 9.17) is 0 Å². The quantitative estimate of drug-likeness (QED) is 0.871. The average molecular weight is 254 g/mol. The maximum absolute atomic E-state index is 11.7. The Morgan fingerprint density at radius 3 is 3.00 bits per heavy atom. The van der Waals surface area contributed by atoms with E-state index in [9.17, 15) is 8.42 Å². The van der Waals surface area contributed by atoms with E-state index >= 15 is 0 Å². The molecule has 0 aliphatic rings. The van der Waals surface area contributed by atoms with Gasteiger partial charge in [0, 0.05) is 6.20 Å². The number of rotatable bonds is 5. The third-order valence-corrected chi connectivity index (χ3v) is 3.70. The van der Waals surface area contributed by atoms with Crippen LogP contribution in [0.15, 0.2) is 24.7 Å². The van der Waals surface area contributed by atoms with Crippen LogP contribution in [-0.4, -0.2) is 28.8 Å². The summed E-state index contributed by atoms with van der Waals surface area (Å²) >= 11 is 0. The van der Waals surface area contributed by atoms with E-state index in [-0.39, 0.29) is 5.75 Å². The number of anilines is 1. The van der Waals surface area contributed by atoms with Gasteiger partial charge < -0.3 is 0 Å². The summed E-state index contributed by atoms with van der Waals surface area (Å²) in [5, 5.41) is 7.57. The summed E-state index contributed by atoms with van der Waals surface area (Å²) in [5.41, 5.74) is 1.20. The molecule has 1 N–H and O–H groups in total. The molecule has 7 heteroatoms. The van der Waals surface area contributed by atoms with Gasteiger partial charge in [0.15, 0.2) is 5.65 Å². The molecule has 92 valence electrons. The van der Waals surface area contributed by atoms with Crippen molar-refractivity contribution in [2.24, 2.45) is 0 Å². The van der Waals surface area contributed by atoms with Crippen LogP contribution in [0.3, 0.4) is 0 Å². The van der Waals surface area contributed by atoms with E-state index in [1.165, 1.54) is 6.33 Å². The van der Waals surface area contributed by atoms with Gasteiger partial charge in [-0.3, -0.25) is 9.12 Å². The second kappa shape index (κ2) is 4.70. The molecule has 0 amide bonds. The number of nitrogens with zero attached hydrogens (tertiary/aromatic N) is 3. The predicted molar refractivity (Wildman–Crippen MR) is 65.3 cm³/mol. The van der Waals surface area contributed by atoms with Crippen molar-refractivity contribution in [1.29, 1.82) is 0 Å². The minimum atomic E-state index is -3.25. The van der Waals surface area contributed by atoms with Gasteiger partial charge in [-0.2, -0.15) is 0 Å². The Balaban J connectivity index is 2.17. The van der Waals surface area contributed by atoms with Crippen LogP contribution in [0.5, 0.6) is 0 Å². The molecule has 0 bridgehead atoms. The van der Waals surface area contributed by atoms with E-state index in [1.54, 1.807) is 22.7 Å². The Kier molecular flexibility index (Phi) is 3.28. The number of unbranched alkanes of at least 4 members (excludes halogenated alkanes) is 1. The highest BCUT2D eigenvalue weighted by Gasteiger charge is 2.09. The molecule has 0 atom stereocenters. The zero-order valence-corrected chi connectivity index (χ0v) is 10.3. The predicted octanol–water partition coefficient (Wildman–Crippen LogP) is 1.27. The summed E-state index contributed by atoms with van der Waals surface area (Å²) in [5.74, 6) is 0.143. The summed E-state index contributed by atoms with van der Waals surface area (Å²) in [6, 6.07) is 3.39. The van der Waals surface area contributed by atoms with Crippen molar-refractivity contribution in [3.63, 3.8) is 0 Å². The Labute approximate surface area is 99.7 Å². The van der Waals surface area contributed by atoms with Gasteiger partial charge in [0.25, 0.3) is 0 Å². The van der Waals surface area contributed by atoms with Gasteiger partial charge in [-0.25, -0.2) is 8.42 Å². The van der Waals surface area contributed by atoms with E-state index in [1.807, 2.05) is 6.92 Å². The molecule has 2 aromatic rings. The fraction of sp³-hybridized carbons (Fsp3) is 0.400. The number of sulfonamides is 1. The molecule has 0 aliphatic carbocycles. The summed E-state index contributed by atoms with van der Waals surface area (Å²) in [6.45, 7) is 1.96. The average Bonchev–Trinajstić information content (AvgIpc) is 2.73. The van der Waals surface area contributed by atoms with Crippen LogP contribution in [-0.2, 0) is 10.0 Å². The first-order valence-electron chi connectivity index (χ1n) is 5.40. The lowest BCUT2D eigenvalue weighted by Gasteiger charge is -2.07. The fourth-order valence-electron chi connectivity index (χ4n) is 1.45. The maximum atomic E-state index is 11.7. The second-order valence-corrected chi connectivity index (χ2v) is 5.63. The van der Waals surface area contributed by atoms with E-state index < -0.39 is 10.0 Å². The molecule has 0 aliphatic heterocycles. The molecule has 0 radical (unpaired) electrons. The number of nitrogens with one attached hydrogen (secondary N) is 1. The molecule has 6 nitrogen and oxygen atoms in total. The SMILES string of the molecule is CCCCS(=O)(=O)Nc1ccc2nncn2c1. The van der Waals surface area contributed by atoms with Crippen LogP contribution in [0, 0.1) is 0 Å². The number of fused-ring (bicyclic) bond motifs is 1. The van der Waals surface area contributed by atoms with Gasteiger partial charge in [0.1, 0.15) is 6.33 Å². The number of hydrogen-bond acceptors (Lipinski definition) is 4. The van der Waals surface area contributed by atoms with Crippen LogP contribution in [0.25, 0.3) is 5.65 Å². The van der Waals surface area contributed by atoms with Crippen LogP contribution < -0.4 is 4.72 Å². The molecule has 2 heterocycles. The first kappa shape index (κ1) is 11.8. The highest BCUT2D eigenvalue weighted by Crippen LogP contribution is 2.11. The number of pyridine rings is 1. The summed E-state index contributed by atoms with van der Waals surface area (Å²) in [6.07, 6.45) is 4.69. The molecular weight excluding hydrogens is 240 g/mol. The van der Waals surface area contributed by atoms with Crippen LogP contribution in [0.4, 0.5) is 5.69 Å². The maximum Gasteiger partial charge on any atom is 0.232 e. The molecule has 0 spiro atoms. The molecule has 0 fully saturated rings. The van der Waals surface area contributed by atoms with Gasteiger partial charge in [-0.05, 0) is 18.6 Å². The number of aromatic nitrogens is 3. The molecule has 0 saturated carbocycles. The van der Waals surface area contributed by atoms with Crippen molar-refractivity contribution in [3.8, 4) is 0 Å². The smallest absolute Gasteiger partial charge is 0.232 e. The molecule has 2 aromatic heterocycles. The van der Waals surface area contributed by atoms with Crippen molar-refractivity contribution >= 4 is 21.4 Å². The molecular formula is C10H14N4O2S. The fourth-order valence-corrected chi connectivity index (χ4v) is 2.70. The van der Waals surface area contributed by atoms with E-state index in [0.717, 1.165) is 6.42 Å². The van der Waals surface area contributed by atoms with Crippen molar-refractivity contribution in [2.45, 2.75) is 19.8 Å². The van der Waals surface area contributed by atoms with Crippen molar-refractivity contribution in [1.82, 2.24) is 14.6 Å². The number of hydrogen-bond donors (Lipinski definition) is 1. The minimum absolute atomic E-state index is 0.143. The lowest BCUT2D eigenvalue weighted by atomic mass is 10.4. The normalized spacial score (nSPS) is 11.8. The highest BCUT2D eigenvalue weighted by atomic mass is 32.2. The van der Waals surface area contributed by atoms with Gasteiger partial charge in [0.05, 0.1) is 11.4 Å². The van der Waals surface area contributed by atoms with Gasteiger partial charge in [0.2, 0.25) is 10.0 Å². The van der Waals surface area contributed by atoms with Gasteiger partial charge >= 0.3 is 0 Å². The molecule has 2 rings (SSSR count). The van der Waals surface area contributed by atoms with Crippen LogP contribution in [0.2, 0.25) is 0 Å². The zero-order chi connectivity index (χ0) is 12.3. The first-order valence-corrected chi connectivity index (χ1v) is 7.06. The topological polar surface area (TPSA) is 76.4 Å².